The second kappa shape index (κ2) is 4.18. The number of benzene rings is 1. The third-order valence-electron chi connectivity index (χ3n) is 4.05. The Labute approximate surface area is 107 Å². The summed E-state index contributed by atoms with van der Waals surface area (Å²) in [5.74, 6) is 0.940. The minimum atomic E-state index is -0.00149. The molecule has 2 N–H and O–H groups in total. The van der Waals surface area contributed by atoms with Crippen LogP contribution in [0.25, 0.3) is 0 Å². The van der Waals surface area contributed by atoms with Crippen molar-refractivity contribution in [3.05, 3.63) is 28.8 Å². The van der Waals surface area contributed by atoms with Crippen molar-refractivity contribution in [3.8, 4) is 5.75 Å². The van der Waals surface area contributed by atoms with Crippen LogP contribution < -0.4 is 10.5 Å². The van der Waals surface area contributed by atoms with E-state index in [2.05, 4.69) is 0 Å². The number of hydrogen-bond acceptors (Lipinski definition) is 2. The summed E-state index contributed by atoms with van der Waals surface area (Å²) in [6, 6.07) is 5.86. The van der Waals surface area contributed by atoms with Gasteiger partial charge >= 0.3 is 0 Å². The maximum atomic E-state index is 6.28. The molecular weight excluding hydrogens is 234 g/mol. The molecule has 1 aromatic rings. The predicted octanol–water partition coefficient (Wildman–Crippen LogP) is 3.83. The molecule has 2 aliphatic rings. The van der Waals surface area contributed by atoms with Gasteiger partial charge in [0, 0.05) is 23.0 Å². The van der Waals surface area contributed by atoms with E-state index in [-0.39, 0.29) is 11.6 Å². The van der Waals surface area contributed by atoms with Gasteiger partial charge in [-0.2, -0.15) is 0 Å². The van der Waals surface area contributed by atoms with Gasteiger partial charge in [0.15, 0.2) is 0 Å². The van der Waals surface area contributed by atoms with E-state index in [1.165, 1.54) is 19.3 Å². The summed E-state index contributed by atoms with van der Waals surface area (Å²) in [5.41, 5.74) is 7.34. The SMILES string of the molecule is NC1CC2(CCCCC2)Oc2ccc(Cl)cc21. The Hall–Kier alpha value is -0.730. The number of halogens is 1. The minimum absolute atomic E-state index is 0.00149. The van der Waals surface area contributed by atoms with Gasteiger partial charge in [0.05, 0.1) is 0 Å². The molecule has 92 valence electrons. The largest absolute Gasteiger partial charge is 0.487 e. The predicted molar refractivity (Wildman–Crippen MR) is 69.4 cm³/mol. The van der Waals surface area contributed by atoms with Gasteiger partial charge in [-0.3, -0.25) is 0 Å². The number of rotatable bonds is 0. The zero-order valence-electron chi connectivity index (χ0n) is 9.92. The Kier molecular flexibility index (Phi) is 2.80. The van der Waals surface area contributed by atoms with Crippen molar-refractivity contribution < 1.29 is 4.74 Å². The molecular formula is C14H18ClNO. The molecule has 1 spiro atoms. The molecule has 2 nitrogen and oxygen atoms in total. The maximum Gasteiger partial charge on any atom is 0.125 e. The Balaban J connectivity index is 1.94. The lowest BCUT2D eigenvalue weighted by Crippen LogP contribution is -2.44. The molecule has 1 saturated carbocycles. The highest BCUT2D eigenvalue weighted by molar-refractivity contribution is 6.30. The van der Waals surface area contributed by atoms with Crippen molar-refractivity contribution in [2.75, 3.05) is 0 Å². The van der Waals surface area contributed by atoms with Gasteiger partial charge in [-0.1, -0.05) is 18.0 Å². The van der Waals surface area contributed by atoms with Crippen LogP contribution in [0.1, 0.15) is 50.1 Å². The zero-order chi connectivity index (χ0) is 11.9. The van der Waals surface area contributed by atoms with Gasteiger partial charge in [-0.05, 0) is 43.9 Å². The normalized spacial score (nSPS) is 26.4. The van der Waals surface area contributed by atoms with Crippen molar-refractivity contribution in [3.63, 3.8) is 0 Å². The average molecular weight is 252 g/mol. The lowest BCUT2D eigenvalue weighted by molar-refractivity contribution is 0.00195. The van der Waals surface area contributed by atoms with E-state index in [9.17, 15) is 0 Å². The highest BCUT2D eigenvalue weighted by atomic mass is 35.5. The molecule has 3 rings (SSSR count). The van der Waals surface area contributed by atoms with Crippen LogP contribution in [-0.2, 0) is 0 Å². The first-order valence-corrected chi connectivity index (χ1v) is 6.80. The van der Waals surface area contributed by atoms with Gasteiger partial charge in [0.25, 0.3) is 0 Å². The van der Waals surface area contributed by atoms with Crippen molar-refractivity contribution in [1.82, 2.24) is 0 Å². The molecule has 1 aromatic carbocycles. The van der Waals surface area contributed by atoms with Crippen LogP contribution in [0.4, 0.5) is 0 Å². The van der Waals surface area contributed by atoms with Crippen LogP contribution in [-0.4, -0.2) is 5.60 Å². The Morgan fingerprint density at radius 2 is 2.00 bits per heavy atom. The lowest BCUT2D eigenvalue weighted by Gasteiger charge is -2.43. The molecule has 1 heterocycles. The van der Waals surface area contributed by atoms with E-state index in [4.69, 9.17) is 22.1 Å². The number of ether oxygens (including phenoxy) is 1. The van der Waals surface area contributed by atoms with E-state index < -0.39 is 0 Å². The van der Waals surface area contributed by atoms with Crippen LogP contribution in [0, 0.1) is 0 Å². The quantitative estimate of drug-likeness (QED) is 0.761. The molecule has 0 amide bonds. The third-order valence-corrected chi connectivity index (χ3v) is 4.29. The Morgan fingerprint density at radius 1 is 1.24 bits per heavy atom. The lowest BCUT2D eigenvalue weighted by atomic mass is 9.77. The summed E-state index contributed by atoms with van der Waals surface area (Å²) in [5, 5.41) is 0.738. The van der Waals surface area contributed by atoms with E-state index in [1.807, 2.05) is 18.2 Å². The second-order valence-corrected chi connectivity index (χ2v) is 5.77. The smallest absolute Gasteiger partial charge is 0.125 e. The molecule has 3 heteroatoms. The van der Waals surface area contributed by atoms with Crippen LogP contribution in [0.5, 0.6) is 5.75 Å². The molecule has 17 heavy (non-hydrogen) atoms. The second-order valence-electron chi connectivity index (χ2n) is 5.34. The molecule has 0 bridgehead atoms. The first kappa shape index (κ1) is 11.4. The zero-order valence-corrected chi connectivity index (χ0v) is 10.7. The molecule has 1 aliphatic heterocycles. The highest BCUT2D eigenvalue weighted by Gasteiger charge is 2.40. The molecule has 0 radical (unpaired) electrons. The molecule has 1 atom stereocenters. The van der Waals surface area contributed by atoms with Crippen molar-refractivity contribution in [1.29, 1.82) is 0 Å². The van der Waals surface area contributed by atoms with Gasteiger partial charge in [-0.15, -0.1) is 0 Å². The van der Waals surface area contributed by atoms with Gasteiger partial charge in [0.2, 0.25) is 0 Å². The average Bonchev–Trinajstić information content (AvgIpc) is 2.31. The molecule has 0 aromatic heterocycles. The standard InChI is InChI=1S/C14H18ClNO/c15-10-4-5-13-11(8-10)12(16)9-14(17-13)6-2-1-3-7-14/h4-5,8,12H,1-3,6-7,9,16H2. The fourth-order valence-corrected chi connectivity index (χ4v) is 3.37. The summed E-state index contributed by atoms with van der Waals surface area (Å²) in [6.45, 7) is 0. The first-order chi connectivity index (χ1) is 8.19. The number of fused-ring (bicyclic) bond motifs is 1. The van der Waals surface area contributed by atoms with Crippen LogP contribution in [0.15, 0.2) is 18.2 Å². The number of hydrogen-bond donors (Lipinski definition) is 1. The summed E-state index contributed by atoms with van der Waals surface area (Å²) in [6.07, 6.45) is 7.06. The van der Waals surface area contributed by atoms with Crippen molar-refractivity contribution >= 4 is 11.6 Å². The summed E-state index contributed by atoms with van der Waals surface area (Å²) in [4.78, 5) is 0. The van der Waals surface area contributed by atoms with Crippen LogP contribution in [0.3, 0.4) is 0 Å². The minimum Gasteiger partial charge on any atom is -0.487 e. The van der Waals surface area contributed by atoms with Gasteiger partial charge in [-0.25, -0.2) is 0 Å². The molecule has 0 saturated heterocycles. The molecule has 1 unspecified atom stereocenters. The van der Waals surface area contributed by atoms with E-state index in [0.29, 0.717) is 0 Å². The summed E-state index contributed by atoms with van der Waals surface area (Å²) >= 11 is 6.01. The fourth-order valence-electron chi connectivity index (χ4n) is 3.19. The summed E-state index contributed by atoms with van der Waals surface area (Å²) < 4.78 is 6.25. The molecule has 1 fully saturated rings. The van der Waals surface area contributed by atoms with Crippen LogP contribution >= 0.6 is 11.6 Å². The van der Waals surface area contributed by atoms with Crippen LogP contribution in [0.2, 0.25) is 5.02 Å². The topological polar surface area (TPSA) is 35.2 Å². The van der Waals surface area contributed by atoms with Crippen molar-refractivity contribution in [2.45, 2.75) is 50.2 Å². The van der Waals surface area contributed by atoms with E-state index in [0.717, 1.165) is 35.6 Å². The highest BCUT2D eigenvalue weighted by Crippen LogP contribution is 2.45. The summed E-state index contributed by atoms with van der Waals surface area (Å²) in [7, 11) is 0. The van der Waals surface area contributed by atoms with Gasteiger partial charge in [0.1, 0.15) is 11.4 Å². The van der Waals surface area contributed by atoms with Crippen molar-refractivity contribution in [2.24, 2.45) is 5.73 Å². The fraction of sp³-hybridized carbons (Fsp3) is 0.571. The monoisotopic (exact) mass is 251 g/mol. The maximum absolute atomic E-state index is 6.28. The Morgan fingerprint density at radius 3 is 2.76 bits per heavy atom. The van der Waals surface area contributed by atoms with E-state index >= 15 is 0 Å². The first-order valence-electron chi connectivity index (χ1n) is 6.43. The van der Waals surface area contributed by atoms with E-state index in [1.54, 1.807) is 0 Å². The Bertz CT molecular complexity index is 426. The molecule has 1 aliphatic carbocycles. The number of nitrogens with two attached hydrogens (primary N) is 1. The third kappa shape index (κ3) is 2.04. The van der Waals surface area contributed by atoms with Gasteiger partial charge < -0.3 is 10.5 Å².